The van der Waals surface area contributed by atoms with E-state index in [1.807, 2.05) is 0 Å². The molecule has 0 N–H and O–H groups in total. The average Bonchev–Trinajstić information content (AvgIpc) is 3.26. The summed E-state index contributed by atoms with van der Waals surface area (Å²) in [5.74, 6) is 0. The Morgan fingerprint density at radius 3 is 1.27 bits per heavy atom. The Morgan fingerprint density at radius 1 is 0.654 bits per heavy atom. The molecule has 0 aliphatic heterocycles. The van der Waals surface area contributed by atoms with E-state index in [0.717, 1.165) is 0 Å². The summed E-state index contributed by atoms with van der Waals surface area (Å²) < 4.78 is 0. The second-order valence-corrected chi connectivity index (χ2v) is 8.81. The first kappa shape index (κ1) is 27.8. The van der Waals surface area contributed by atoms with Gasteiger partial charge in [0.1, 0.15) is 0 Å². The molecule has 0 aliphatic carbocycles. The summed E-state index contributed by atoms with van der Waals surface area (Å²) in [5.41, 5.74) is 0. The van der Waals surface area contributed by atoms with Gasteiger partial charge in [0.15, 0.2) is 0 Å². The van der Waals surface area contributed by atoms with Crippen molar-refractivity contribution in [1.82, 2.24) is 0 Å². The molecule has 135 valence electrons. The topological polar surface area (TPSA) is 0 Å². The van der Waals surface area contributed by atoms with Gasteiger partial charge in [-0.1, -0.05) is 31.8 Å². The third-order valence-corrected chi connectivity index (χ3v) is 3.10. The first-order valence-electron chi connectivity index (χ1n) is 7.89. The van der Waals surface area contributed by atoms with Gasteiger partial charge in [0.05, 0.1) is 0 Å². The molecule has 0 aromatic heterocycles. The quantitative estimate of drug-likeness (QED) is 0.183. The standard InChI is InChI=1S/2C9H7.C3H9Si.2ClH.Si.Zr/c2*1-2-5-9-7-3-6-8(9)4-1;1-4(2)3;;;;/h2*1-7H;1-3H3;2*1H;;/q2*-1;;;;;+2. The molecule has 0 fully saturated rings. The fourth-order valence-corrected chi connectivity index (χ4v) is 2.14. The van der Waals surface area contributed by atoms with Crippen LogP contribution in [0.4, 0.5) is 0 Å². The number of fused-ring (bicyclic) bond motifs is 2. The molecule has 26 heavy (non-hydrogen) atoms. The van der Waals surface area contributed by atoms with Crippen molar-refractivity contribution in [1.29, 1.82) is 0 Å². The minimum absolute atomic E-state index is 0. The molecule has 0 amide bonds. The Hall–Kier alpha value is -0.443. The smallest absolute Gasteiger partial charge is 0.0809 e. The van der Waals surface area contributed by atoms with Crippen molar-refractivity contribution < 1.29 is 23.3 Å². The van der Waals surface area contributed by atoms with Crippen molar-refractivity contribution in [3.05, 3.63) is 84.9 Å². The zero-order chi connectivity index (χ0) is 17.8. The zero-order valence-corrected chi connectivity index (χ0v) is 21.5. The van der Waals surface area contributed by atoms with Crippen LogP contribution in [0.25, 0.3) is 21.5 Å². The third-order valence-electron chi connectivity index (χ3n) is 3.10. The Morgan fingerprint density at radius 2 is 0.962 bits per heavy atom. The summed E-state index contributed by atoms with van der Waals surface area (Å²) in [5, 5.41) is 5.32. The van der Waals surface area contributed by atoms with Crippen LogP contribution in [0, 0.1) is 0 Å². The van der Waals surface area contributed by atoms with Crippen LogP contribution in [0.5, 0.6) is 0 Å². The van der Waals surface area contributed by atoms with E-state index >= 15 is 0 Å². The van der Waals surface area contributed by atoms with Crippen molar-refractivity contribution in [3.63, 3.8) is 0 Å². The molecule has 0 heterocycles. The molecule has 5 heteroatoms. The maximum absolute atomic E-state index is 3.06. The summed E-state index contributed by atoms with van der Waals surface area (Å²) >= 11 is 1.36. The molecule has 0 unspecified atom stereocenters. The predicted molar refractivity (Wildman–Crippen MR) is 123 cm³/mol. The average molecular weight is 496 g/mol. The van der Waals surface area contributed by atoms with E-state index in [2.05, 4.69) is 111 Å². The summed E-state index contributed by atoms with van der Waals surface area (Å²) in [6.07, 6.45) is 0. The van der Waals surface area contributed by atoms with Gasteiger partial charge in [0.25, 0.3) is 0 Å². The maximum Gasteiger partial charge on any atom is -0.0809 e. The Kier molecular flexibility index (Phi) is 17.8. The van der Waals surface area contributed by atoms with Crippen LogP contribution in [-0.4, -0.2) is 15.7 Å². The largest absolute Gasteiger partial charge is 0.168 e. The molecule has 0 nitrogen and oxygen atoms in total. The van der Waals surface area contributed by atoms with Crippen LogP contribution < -0.4 is 0 Å². The normalized spacial score (nSPS) is 8.69. The summed E-state index contributed by atoms with van der Waals surface area (Å²) in [6.45, 7) is 9.87. The Balaban J connectivity index is 0. The van der Waals surface area contributed by atoms with Crippen molar-refractivity contribution in [3.8, 4) is 0 Å². The molecular formula is C21H25Cl2Si2Zr. The second kappa shape index (κ2) is 16.7. The molecule has 0 atom stereocenters. The fraction of sp³-hybridized carbons (Fsp3) is 0.143. The van der Waals surface area contributed by atoms with Crippen LogP contribution in [0.15, 0.2) is 84.9 Å². The maximum atomic E-state index is 3.06. The van der Waals surface area contributed by atoms with Crippen molar-refractivity contribution in [2.45, 2.75) is 19.6 Å². The fourth-order valence-electron chi connectivity index (χ4n) is 2.14. The van der Waals surface area contributed by atoms with E-state index in [4.69, 9.17) is 0 Å². The molecule has 0 saturated heterocycles. The summed E-state index contributed by atoms with van der Waals surface area (Å²) in [4.78, 5) is 0. The van der Waals surface area contributed by atoms with Crippen molar-refractivity contribution in [2.24, 2.45) is 0 Å². The van der Waals surface area contributed by atoms with Gasteiger partial charge in [-0.2, -0.15) is 35.0 Å². The van der Waals surface area contributed by atoms with Gasteiger partial charge in [-0.15, -0.1) is 84.1 Å². The van der Waals surface area contributed by atoms with E-state index in [1.54, 1.807) is 0 Å². The second-order valence-electron chi connectivity index (χ2n) is 5.81. The SMILES string of the molecule is C[Si](C)C.Cl.Cl.[Si]=[Zr+2].c1ccc2[cH-]ccc2c1.c1ccc2[cH-]ccc2c1. The molecule has 3 radical (unpaired) electrons. The molecule has 0 saturated carbocycles. The van der Waals surface area contributed by atoms with Gasteiger partial charge in [-0.3, -0.25) is 0 Å². The number of rotatable bonds is 0. The molecule has 0 spiro atoms. The minimum Gasteiger partial charge on any atom is -0.168 e. The van der Waals surface area contributed by atoms with Gasteiger partial charge in [0.2, 0.25) is 0 Å². The van der Waals surface area contributed by atoms with E-state index in [9.17, 15) is 0 Å². The Labute approximate surface area is 188 Å². The Bertz CT molecular complexity index is 695. The van der Waals surface area contributed by atoms with E-state index < -0.39 is 0 Å². The predicted octanol–water partition coefficient (Wildman–Crippen LogP) is 6.95. The van der Waals surface area contributed by atoms with Gasteiger partial charge >= 0.3 is 30.2 Å². The zero-order valence-electron chi connectivity index (χ0n) is 15.4. The van der Waals surface area contributed by atoms with Crippen molar-refractivity contribution >= 4 is 62.0 Å². The van der Waals surface area contributed by atoms with Crippen molar-refractivity contribution in [2.75, 3.05) is 0 Å². The monoisotopic (exact) mass is 493 g/mol. The summed E-state index contributed by atoms with van der Waals surface area (Å²) in [6, 6.07) is 29.3. The van der Waals surface area contributed by atoms with Gasteiger partial charge in [-0.25, -0.2) is 0 Å². The van der Waals surface area contributed by atoms with Gasteiger partial charge in [-0.05, 0) is 0 Å². The minimum atomic E-state index is 0. The van der Waals surface area contributed by atoms with E-state index in [1.165, 1.54) is 44.9 Å². The third kappa shape index (κ3) is 10.6. The first-order chi connectivity index (χ1) is 11.7. The molecule has 4 rings (SSSR count). The van der Waals surface area contributed by atoms with E-state index in [0.29, 0.717) is 0 Å². The first-order valence-corrected chi connectivity index (χ1v) is 15.1. The van der Waals surface area contributed by atoms with Crippen LogP contribution in [0.2, 0.25) is 19.6 Å². The van der Waals surface area contributed by atoms with Crippen LogP contribution in [-0.2, 0) is 23.3 Å². The molecule has 4 aromatic carbocycles. The van der Waals surface area contributed by atoms with Crippen LogP contribution >= 0.6 is 24.8 Å². The molecule has 4 aromatic rings. The number of benzene rings is 2. The van der Waals surface area contributed by atoms with Gasteiger partial charge < -0.3 is 0 Å². The van der Waals surface area contributed by atoms with Gasteiger partial charge in [0, 0.05) is 8.80 Å². The van der Waals surface area contributed by atoms with Crippen LogP contribution in [0.1, 0.15) is 0 Å². The molecule has 0 bridgehead atoms. The molecule has 0 aliphatic rings. The molecular weight excluding hydrogens is 471 g/mol. The van der Waals surface area contributed by atoms with Crippen LogP contribution in [0.3, 0.4) is 0 Å². The summed E-state index contributed by atoms with van der Waals surface area (Å²) in [7, 11) is 0.120. The number of hydrogen-bond donors (Lipinski definition) is 0. The number of hydrogen-bond acceptors (Lipinski definition) is 0. The number of halogens is 2. The van der Waals surface area contributed by atoms with E-state index in [-0.39, 0.29) is 33.6 Å².